The summed E-state index contributed by atoms with van der Waals surface area (Å²) in [5.41, 5.74) is 10.2. The number of methoxy groups -OCH3 is 2. The third-order valence-electron chi connectivity index (χ3n) is 18.4. The van der Waals surface area contributed by atoms with Gasteiger partial charge in [0.25, 0.3) is 11.8 Å². The number of esters is 2. The number of carbonyl (C=O) groups excluding carboxylic acids is 8. The molecule has 24 nitrogen and oxygen atoms in total. The fraction of sp³-hybridized carbons (Fsp3) is 0.443. The van der Waals surface area contributed by atoms with Crippen molar-refractivity contribution in [3.63, 3.8) is 0 Å². The minimum Gasteiger partial charge on any atom is -0.857 e. The number of aryl methyl sites for hydroxylation is 3. The molecule has 3 amide bonds. The first-order valence-corrected chi connectivity index (χ1v) is 51.6. The van der Waals surface area contributed by atoms with Crippen molar-refractivity contribution in [1.29, 1.82) is 0 Å². The monoisotopic (exact) mass is 2650 g/mol. The molecule has 8 aliphatic rings. The van der Waals surface area contributed by atoms with Crippen molar-refractivity contribution in [2.24, 2.45) is 0 Å². The number of hydrogen-bond donors (Lipinski definition) is 3. The molecule has 9 heterocycles. The molecular formula is C88H115B2BrCl2I7N9NaO15S. The predicted molar refractivity (Wildman–Crippen MR) is 569 cm³/mol. The van der Waals surface area contributed by atoms with Crippen molar-refractivity contribution in [3.8, 4) is 11.3 Å². The van der Waals surface area contributed by atoms with Crippen molar-refractivity contribution in [2.75, 3.05) is 65.4 Å². The number of alkyl halides is 1. The van der Waals surface area contributed by atoms with Gasteiger partial charge in [-0.3, -0.25) is 24.0 Å². The minimum atomic E-state index is -0.753. The Hall–Kier alpha value is -2.88. The molecule has 4 aliphatic carbocycles. The van der Waals surface area contributed by atoms with E-state index in [1.807, 2.05) is 145 Å². The minimum absolute atomic E-state index is 0. The zero-order chi connectivity index (χ0) is 93.9. The molecule has 4 aliphatic heterocycles. The van der Waals surface area contributed by atoms with Crippen LogP contribution in [0.3, 0.4) is 0 Å². The van der Waals surface area contributed by atoms with Crippen molar-refractivity contribution >= 4 is 273 Å². The van der Waals surface area contributed by atoms with E-state index >= 15 is 0 Å². The van der Waals surface area contributed by atoms with Crippen LogP contribution in [-0.4, -0.2) is 173 Å². The molecule has 0 unspecified atom stereocenters. The van der Waals surface area contributed by atoms with Crippen molar-refractivity contribution in [3.05, 3.63) is 211 Å². The quantitative estimate of drug-likeness (QED) is 0.0271. The second kappa shape index (κ2) is 64.1. The number of thioether (sulfide) groups is 1. The number of allylic oxidation sites excluding steroid dienone is 15. The Kier molecular flexibility index (Phi) is 62.7. The molecule has 38 heteroatoms. The number of ether oxygens (including phenoxy) is 3. The summed E-state index contributed by atoms with van der Waals surface area (Å²) in [7, 11) is 7.39. The molecule has 0 saturated carbocycles. The van der Waals surface area contributed by atoms with Gasteiger partial charge in [0.15, 0.2) is 23.0 Å². The maximum absolute atomic E-state index is 12.8. The zero-order valence-corrected chi connectivity index (χ0v) is 96.5. The Labute approximate surface area is 886 Å². The molecule has 5 aromatic heterocycles. The Morgan fingerprint density at radius 2 is 1.22 bits per heavy atom. The number of nitrogens with one attached hydrogen (secondary N) is 3. The number of carbonyl (C=O) groups is 8. The van der Waals surface area contributed by atoms with Gasteiger partial charge >= 0.3 is 54.7 Å². The van der Waals surface area contributed by atoms with E-state index in [-0.39, 0.29) is 90.3 Å². The summed E-state index contributed by atoms with van der Waals surface area (Å²) in [6.07, 6.45) is 37.5. The number of amides is 3. The fourth-order valence-electron chi connectivity index (χ4n) is 11.8. The molecule has 0 atom stereocenters. The number of Topliss-reactive ketones (excluding diaryl/α,β-unsaturated/α-hetero) is 2. The van der Waals surface area contributed by atoms with Crippen LogP contribution in [0.2, 0.25) is 0 Å². The van der Waals surface area contributed by atoms with Gasteiger partial charge in [0.2, 0.25) is 5.24 Å². The van der Waals surface area contributed by atoms with E-state index in [1.165, 1.54) is 54.4 Å². The van der Waals surface area contributed by atoms with Crippen LogP contribution in [-0.2, 0) is 82.0 Å². The van der Waals surface area contributed by atoms with Gasteiger partial charge in [0.1, 0.15) is 17.0 Å². The first-order chi connectivity index (χ1) is 58.4. The molecule has 3 radical (unpaired) electrons. The van der Waals surface area contributed by atoms with Gasteiger partial charge in [-0.05, 0) is 354 Å². The number of aromatic nitrogens is 5. The molecule has 1 fully saturated rings. The number of nitrogens with zero attached hydrogens (tertiary/aromatic N) is 6. The van der Waals surface area contributed by atoms with Crippen LogP contribution in [0, 0.1) is 28.1 Å². The second-order valence-corrected chi connectivity index (χ2v) is 39.5. The van der Waals surface area contributed by atoms with Crippen LogP contribution in [0.25, 0.3) is 11.3 Å². The molecule has 126 heavy (non-hydrogen) atoms. The van der Waals surface area contributed by atoms with E-state index in [0.717, 1.165) is 122 Å². The van der Waals surface area contributed by atoms with Gasteiger partial charge in [0.05, 0.1) is 37.4 Å². The van der Waals surface area contributed by atoms with E-state index in [2.05, 4.69) is 300 Å². The van der Waals surface area contributed by atoms with Crippen LogP contribution in [0.1, 0.15) is 181 Å². The first kappa shape index (κ1) is 123. The van der Waals surface area contributed by atoms with Gasteiger partial charge in [-0.2, -0.15) is 18.9 Å². The number of fused-ring (bicyclic) bond motifs is 3. The normalized spacial score (nSPS) is 14.8. The SMILES string of the molecule is C1=CCC=C1.CC(=O)C1=CC(I)=CC1.CC(=O)C1=CC=CC1.CC(=O)Cl.CC(C)(C)OC(=O)N1CCn2cc(I)cc2C1.CCNC(=O)c1noc(-c2cc(C(C)C)c(C)cc2C)c1B1OC(C)(C)C(C)(C)O1.COC(=O)C1=CC(I)=CC1.COC(=O)c1cc(I)cn1CCBr.CSC.C[O-].ClI.Ic1cc2n(c1)CCNC2.O=C1NCCn2cc(I)cc21.[B].[Na+]. The number of hydrogen-bond acceptors (Lipinski definition) is 18. The topological polar surface area (TPSA) is 291 Å². The van der Waals surface area contributed by atoms with Crippen LogP contribution in [0.15, 0.2) is 156 Å². The van der Waals surface area contributed by atoms with Crippen molar-refractivity contribution < 1.29 is 101 Å². The molecule has 6 aromatic rings. The molecule has 685 valence electrons. The van der Waals surface area contributed by atoms with Gasteiger partial charge < -0.3 is 72.3 Å². The third kappa shape index (κ3) is 43.6. The van der Waals surface area contributed by atoms with E-state index in [1.54, 1.807) is 52.0 Å². The molecular weight excluding hydrogens is 2540 g/mol. The third-order valence-corrected chi connectivity index (χ3v) is 22.6. The van der Waals surface area contributed by atoms with Crippen LogP contribution >= 0.6 is 205 Å². The van der Waals surface area contributed by atoms with Gasteiger partial charge in [-0.25, -0.2) is 14.4 Å². The second-order valence-electron chi connectivity index (χ2n) is 29.9. The van der Waals surface area contributed by atoms with E-state index < -0.39 is 23.9 Å². The van der Waals surface area contributed by atoms with Gasteiger partial charge in [-0.15, -0.1) is 0 Å². The molecule has 0 spiro atoms. The molecule has 3 N–H and O–H groups in total. The molecule has 14 rings (SSSR count). The summed E-state index contributed by atoms with van der Waals surface area (Å²) < 4.78 is 48.3. The number of halogens is 10. The number of ketones is 2. The largest absolute Gasteiger partial charge is 1.00 e. The molecule has 1 saturated heterocycles. The Morgan fingerprint density at radius 3 is 1.67 bits per heavy atom. The Bertz CT molecular complexity index is 4740. The van der Waals surface area contributed by atoms with Crippen LogP contribution in [0.4, 0.5) is 4.79 Å². The molecule has 1 aromatic carbocycles. The van der Waals surface area contributed by atoms with E-state index in [0.29, 0.717) is 48.9 Å². The fourth-order valence-corrected chi connectivity index (χ4v) is 16.0. The number of benzene rings is 1. The maximum atomic E-state index is 12.8. The number of rotatable bonds is 11. The molecule has 0 bridgehead atoms. The Morgan fingerprint density at radius 1 is 0.706 bits per heavy atom. The smallest absolute Gasteiger partial charge is 0.857 e. The summed E-state index contributed by atoms with van der Waals surface area (Å²) in [4.78, 5) is 90.1. The van der Waals surface area contributed by atoms with Crippen molar-refractivity contribution in [1.82, 2.24) is 44.3 Å². The first-order valence-electron chi connectivity index (χ1n) is 39.2. The van der Waals surface area contributed by atoms with Crippen LogP contribution < -0.4 is 56.1 Å². The van der Waals surface area contributed by atoms with E-state index in [9.17, 15) is 38.4 Å². The summed E-state index contributed by atoms with van der Waals surface area (Å²) in [5.74, 6) is 0.495. The zero-order valence-electron chi connectivity index (χ0n) is 75.5. The summed E-state index contributed by atoms with van der Waals surface area (Å²) in [6.45, 7) is 36.8. The predicted octanol–water partition coefficient (Wildman–Crippen LogP) is 17.2. The standard InChI is InChI=1S/C23H33BN2O4.C12H17IN2O2.C8H9BrINO2.C7H7IN2O.C7H9IN2.C7H7IO2.C7H7IO.C7H8O.C5H6.C2H3ClO.C2H6S.CH3O.B.ClI.Na/c1-10-25-21(27)19-18(24-29-22(6,7)23(8,9)30-24)20(28-26-19)17-12-16(13(2)3)14(4)11-15(17)5;1-12(2,3)17-11(16)15-5-4-14-7-9(13)6-10(14)8-15;1-13-8(12)7-4-6(10)5-11(7)3-2-9;8-5-3-6-7(11)9-1-2-10(6)4-5;8-6-3-7-4-9-1-2-10(7)5-6;1-10-7(9)5-2-3-6(8)4-5;1-5(9)6-2-3-7(8)4-6;1-6(8)7-4-2-3-5-7;1-2-4-5-3-1;1-2(3)4;1-3-2;1-2;;1-2;/h11-13H,10H2,1-9H3,(H,25,27);6-7H,4-5,8H2,1-3H3;4-5H,2-3H2,1H3;3-4H,1-2H2,(H,9,11);3,5,9H,1-2,4H2;3-4H,2H2,1H3;3-4H,2H2,1H3;2-4H,5H2,1H3;1-4H,5H2;1H3;1-2H3;1H3;;;/q;;;;;;;;;;;-1;;;+1. The average Bonchev–Trinajstić information content (AvgIpc) is 1.59. The van der Waals surface area contributed by atoms with Crippen LogP contribution in [0.5, 0.6) is 0 Å². The summed E-state index contributed by atoms with van der Waals surface area (Å²) >= 11 is 24.7. The summed E-state index contributed by atoms with van der Waals surface area (Å²) in [6, 6.07) is 12.3. The van der Waals surface area contributed by atoms with Gasteiger partial charge in [0, 0.05) is 170 Å². The van der Waals surface area contributed by atoms with Crippen molar-refractivity contribution in [2.45, 2.75) is 192 Å². The Balaban J connectivity index is 0.00000143. The average molecular weight is 2650 g/mol. The maximum Gasteiger partial charge on any atom is 1.00 e. The van der Waals surface area contributed by atoms with E-state index in [4.69, 9.17) is 23.7 Å². The van der Waals surface area contributed by atoms with Gasteiger partial charge in [-0.1, -0.05) is 95.7 Å². The summed E-state index contributed by atoms with van der Waals surface area (Å²) in [5, 5.41) is 21.8.